The number of pyridine rings is 1. The van der Waals surface area contributed by atoms with Gasteiger partial charge < -0.3 is 10.2 Å². The van der Waals surface area contributed by atoms with Crippen LogP contribution in [0.2, 0.25) is 0 Å². The van der Waals surface area contributed by atoms with Crippen LogP contribution in [0.25, 0.3) is 22.4 Å². The quantitative estimate of drug-likeness (QED) is 0.671. The highest BCUT2D eigenvalue weighted by Gasteiger charge is 2.06. The monoisotopic (exact) mass is 210 g/mol. The predicted octanol–water partition coefficient (Wildman–Crippen LogP) is 3.08. The number of benzene rings is 1. The van der Waals surface area contributed by atoms with Crippen molar-refractivity contribution in [2.45, 2.75) is 0 Å². The first-order chi connectivity index (χ1) is 7.83. The van der Waals surface area contributed by atoms with Crippen LogP contribution in [0.5, 0.6) is 0 Å². The number of furan rings is 1. The Kier molecular flexibility index (Phi) is 1.90. The fourth-order valence-corrected chi connectivity index (χ4v) is 1.66. The molecule has 78 valence electrons. The lowest BCUT2D eigenvalue weighted by atomic mass is 10.2. The van der Waals surface area contributed by atoms with Crippen LogP contribution in [0, 0.1) is 0 Å². The van der Waals surface area contributed by atoms with Crippen molar-refractivity contribution in [3.63, 3.8) is 0 Å². The van der Waals surface area contributed by atoms with Gasteiger partial charge in [-0.2, -0.15) is 0 Å². The van der Waals surface area contributed by atoms with Gasteiger partial charge in [-0.25, -0.2) is 0 Å². The molecule has 0 unspecified atom stereocenters. The summed E-state index contributed by atoms with van der Waals surface area (Å²) in [6.45, 7) is 0. The molecule has 0 saturated heterocycles. The van der Waals surface area contributed by atoms with E-state index in [1.807, 2.05) is 42.5 Å². The average molecular weight is 210 g/mol. The number of nitrogens with two attached hydrogens (primary N) is 1. The maximum absolute atomic E-state index is 5.69. The average Bonchev–Trinajstić information content (AvgIpc) is 2.73. The van der Waals surface area contributed by atoms with Crippen molar-refractivity contribution in [1.29, 1.82) is 0 Å². The molecule has 16 heavy (non-hydrogen) atoms. The van der Waals surface area contributed by atoms with Gasteiger partial charge in [0.05, 0.1) is 11.9 Å². The number of nitrogen functional groups attached to an aromatic ring is 1. The smallest absolute Gasteiger partial charge is 0.153 e. The molecular weight excluding hydrogens is 200 g/mol. The first kappa shape index (κ1) is 8.97. The third kappa shape index (κ3) is 1.42. The summed E-state index contributed by atoms with van der Waals surface area (Å²) >= 11 is 0. The fraction of sp³-hybridized carbons (Fsp3) is 0. The number of nitrogens with zero attached hydrogens (tertiary/aromatic N) is 1. The molecule has 0 bridgehead atoms. The first-order valence-corrected chi connectivity index (χ1v) is 5.03. The van der Waals surface area contributed by atoms with Gasteiger partial charge >= 0.3 is 0 Å². The molecule has 0 radical (unpaired) electrons. The van der Waals surface area contributed by atoms with Gasteiger partial charge in [-0.05, 0) is 24.3 Å². The number of hydrogen-bond donors (Lipinski definition) is 1. The Bertz CT molecular complexity index is 593. The zero-order valence-electron chi connectivity index (χ0n) is 8.55. The summed E-state index contributed by atoms with van der Waals surface area (Å²) in [6, 6.07) is 13.5. The van der Waals surface area contributed by atoms with E-state index in [2.05, 4.69) is 4.98 Å². The predicted molar refractivity (Wildman–Crippen MR) is 63.9 cm³/mol. The van der Waals surface area contributed by atoms with Gasteiger partial charge in [0.1, 0.15) is 11.3 Å². The van der Waals surface area contributed by atoms with E-state index in [1.165, 1.54) is 0 Å². The second-order valence-electron chi connectivity index (χ2n) is 3.63. The van der Waals surface area contributed by atoms with Crippen molar-refractivity contribution >= 4 is 16.7 Å². The molecular formula is C13H10N2O. The van der Waals surface area contributed by atoms with Crippen LogP contribution in [0.1, 0.15) is 0 Å². The molecule has 0 amide bonds. The Morgan fingerprint density at radius 2 is 1.94 bits per heavy atom. The lowest BCUT2D eigenvalue weighted by Crippen LogP contribution is -1.86. The number of rotatable bonds is 1. The highest BCUT2D eigenvalue weighted by atomic mass is 16.3. The third-order valence-electron chi connectivity index (χ3n) is 2.46. The second kappa shape index (κ2) is 3.38. The molecule has 0 aliphatic carbocycles. The number of aromatic nitrogens is 1. The summed E-state index contributed by atoms with van der Waals surface area (Å²) in [5, 5.41) is 1.08. The van der Waals surface area contributed by atoms with E-state index in [0.29, 0.717) is 5.69 Å². The van der Waals surface area contributed by atoms with Crippen LogP contribution in [0.4, 0.5) is 5.69 Å². The van der Waals surface area contributed by atoms with Crippen molar-refractivity contribution in [3.8, 4) is 11.5 Å². The van der Waals surface area contributed by atoms with Crippen LogP contribution in [-0.4, -0.2) is 4.98 Å². The van der Waals surface area contributed by atoms with E-state index < -0.39 is 0 Å². The summed E-state index contributed by atoms with van der Waals surface area (Å²) in [7, 11) is 0. The molecule has 0 fully saturated rings. The number of fused-ring (bicyclic) bond motifs is 1. The lowest BCUT2D eigenvalue weighted by Gasteiger charge is -1.95. The van der Waals surface area contributed by atoms with Crippen molar-refractivity contribution in [2.24, 2.45) is 0 Å². The number of para-hydroxylation sites is 1. The van der Waals surface area contributed by atoms with Crippen LogP contribution < -0.4 is 5.73 Å². The zero-order chi connectivity index (χ0) is 11.0. The van der Waals surface area contributed by atoms with Gasteiger partial charge in [0, 0.05) is 5.39 Å². The van der Waals surface area contributed by atoms with E-state index >= 15 is 0 Å². The largest absolute Gasteiger partial charge is 0.454 e. The topological polar surface area (TPSA) is 52.0 Å². The highest BCUT2D eigenvalue weighted by Crippen LogP contribution is 2.26. The Labute approximate surface area is 92.5 Å². The number of hydrogen-bond acceptors (Lipinski definition) is 3. The molecule has 2 N–H and O–H groups in total. The molecule has 2 heterocycles. The molecule has 0 aliphatic heterocycles. The summed E-state index contributed by atoms with van der Waals surface area (Å²) in [4.78, 5) is 4.23. The Morgan fingerprint density at radius 3 is 2.69 bits per heavy atom. The fourth-order valence-electron chi connectivity index (χ4n) is 1.66. The van der Waals surface area contributed by atoms with Gasteiger partial charge in [-0.1, -0.05) is 18.2 Å². The van der Waals surface area contributed by atoms with Crippen LogP contribution >= 0.6 is 0 Å². The van der Waals surface area contributed by atoms with E-state index in [0.717, 1.165) is 22.4 Å². The summed E-state index contributed by atoms with van der Waals surface area (Å²) in [5.74, 6) is 0.765. The highest BCUT2D eigenvalue weighted by molar-refractivity contribution is 5.82. The van der Waals surface area contributed by atoms with Crippen LogP contribution in [0.15, 0.2) is 53.1 Å². The molecule has 3 aromatic rings. The molecule has 0 atom stereocenters. The van der Waals surface area contributed by atoms with E-state index in [4.69, 9.17) is 10.2 Å². The SMILES string of the molecule is Nc1ccc(-c2cc3ccccc3o2)nc1. The van der Waals surface area contributed by atoms with Crippen LogP contribution in [0.3, 0.4) is 0 Å². The van der Waals surface area contributed by atoms with Gasteiger partial charge in [-0.15, -0.1) is 0 Å². The zero-order valence-corrected chi connectivity index (χ0v) is 8.55. The molecule has 3 nitrogen and oxygen atoms in total. The summed E-state index contributed by atoms with van der Waals surface area (Å²) in [6.07, 6.45) is 1.63. The third-order valence-corrected chi connectivity index (χ3v) is 2.46. The van der Waals surface area contributed by atoms with E-state index in [9.17, 15) is 0 Å². The first-order valence-electron chi connectivity index (χ1n) is 5.03. The van der Waals surface area contributed by atoms with E-state index in [1.54, 1.807) is 6.20 Å². The molecule has 0 aliphatic rings. The Hall–Kier alpha value is -2.29. The van der Waals surface area contributed by atoms with Gasteiger partial charge in [-0.3, -0.25) is 4.98 Å². The Balaban J connectivity index is 2.15. The van der Waals surface area contributed by atoms with Crippen molar-refractivity contribution in [1.82, 2.24) is 4.98 Å². The van der Waals surface area contributed by atoms with Crippen molar-refractivity contribution in [3.05, 3.63) is 48.7 Å². The van der Waals surface area contributed by atoms with Crippen molar-refractivity contribution < 1.29 is 4.42 Å². The van der Waals surface area contributed by atoms with Crippen LogP contribution in [-0.2, 0) is 0 Å². The minimum atomic E-state index is 0.653. The summed E-state index contributed by atoms with van der Waals surface area (Å²) in [5.41, 5.74) is 7.91. The minimum Gasteiger partial charge on any atom is -0.454 e. The maximum Gasteiger partial charge on any atom is 0.153 e. The molecule has 0 spiro atoms. The molecule has 1 aromatic carbocycles. The normalized spacial score (nSPS) is 10.8. The number of anilines is 1. The van der Waals surface area contributed by atoms with Gasteiger partial charge in [0.25, 0.3) is 0 Å². The van der Waals surface area contributed by atoms with E-state index in [-0.39, 0.29) is 0 Å². The van der Waals surface area contributed by atoms with Gasteiger partial charge in [0.15, 0.2) is 5.76 Å². The Morgan fingerprint density at radius 1 is 1.06 bits per heavy atom. The minimum absolute atomic E-state index is 0.653. The molecule has 3 rings (SSSR count). The van der Waals surface area contributed by atoms with Crippen molar-refractivity contribution in [2.75, 3.05) is 5.73 Å². The molecule has 3 heteroatoms. The second-order valence-corrected chi connectivity index (χ2v) is 3.63. The molecule has 0 saturated carbocycles. The standard InChI is InChI=1S/C13H10N2O/c14-10-5-6-11(15-8-10)13-7-9-3-1-2-4-12(9)16-13/h1-8H,14H2. The lowest BCUT2D eigenvalue weighted by molar-refractivity contribution is 0.629. The summed E-state index contributed by atoms with van der Waals surface area (Å²) < 4.78 is 5.69. The van der Waals surface area contributed by atoms with Gasteiger partial charge in [0.2, 0.25) is 0 Å². The molecule has 2 aromatic heterocycles. The maximum atomic E-state index is 5.69.